The number of rotatable bonds is 7. The van der Waals surface area contributed by atoms with Gasteiger partial charge in [0.05, 0.1) is 37.1 Å². The van der Waals surface area contributed by atoms with Gasteiger partial charge in [0.25, 0.3) is 5.91 Å². The molecule has 7 heteroatoms. The molecule has 1 heterocycles. The Morgan fingerprint density at radius 3 is 2.88 bits per heavy atom. The number of hydrogen-bond donors (Lipinski definition) is 1. The lowest BCUT2D eigenvalue weighted by atomic mass is 10.2. The number of hydrazone groups is 1. The third-order valence-electron chi connectivity index (χ3n) is 3.40. The zero-order valence-corrected chi connectivity index (χ0v) is 15.7. The second kappa shape index (κ2) is 9.76. The topological polar surface area (TPSA) is 63.2 Å². The maximum atomic E-state index is 11.8. The smallest absolute Gasteiger partial charge is 0.254 e. The fourth-order valence-electron chi connectivity index (χ4n) is 2.15. The molecule has 6 nitrogen and oxygen atoms in total. The number of carbonyl (C=O) groups excluding carboxylic acids is 1. The van der Waals surface area contributed by atoms with Crippen molar-refractivity contribution in [2.24, 2.45) is 11.0 Å². The van der Waals surface area contributed by atoms with Gasteiger partial charge in [0.15, 0.2) is 0 Å². The summed E-state index contributed by atoms with van der Waals surface area (Å²) in [6.07, 6.45) is 1.62. The average molecular weight is 398 g/mol. The maximum Gasteiger partial charge on any atom is 0.254 e. The number of amides is 1. The largest absolute Gasteiger partial charge is 0.492 e. The highest BCUT2D eigenvalue weighted by Gasteiger charge is 2.13. The summed E-state index contributed by atoms with van der Waals surface area (Å²) in [7, 11) is 0. The minimum absolute atomic E-state index is 0.121. The molecule has 0 radical (unpaired) electrons. The van der Waals surface area contributed by atoms with Gasteiger partial charge in [-0.2, -0.15) is 5.10 Å². The molecule has 1 aliphatic heterocycles. The first-order valence-electron chi connectivity index (χ1n) is 8.09. The third-order valence-corrected chi connectivity index (χ3v) is 4.02. The molecule has 0 atom stereocenters. The Bertz CT molecular complexity index is 572. The average Bonchev–Trinajstić information content (AvgIpc) is 2.55. The Hall–Kier alpha value is -1.44. The third kappa shape index (κ3) is 6.59. The molecule has 0 saturated carbocycles. The standard InChI is InChI=1S/C17H24BrN3O3/c1-13(2)12-24-16-4-3-14(9-15(16)18)10-19-20-17(22)11-21-5-7-23-8-6-21/h3-4,9-10,13H,5-8,11-12H2,1-2H3,(H,20,22)/b19-10-. The lowest BCUT2D eigenvalue weighted by Crippen LogP contribution is -2.42. The molecule has 1 aromatic rings. The van der Waals surface area contributed by atoms with Gasteiger partial charge in [-0.1, -0.05) is 13.8 Å². The molecule has 0 aromatic heterocycles. The normalized spacial score (nSPS) is 15.8. The van der Waals surface area contributed by atoms with Gasteiger partial charge in [-0.05, 0) is 45.6 Å². The first-order chi connectivity index (χ1) is 11.5. The van der Waals surface area contributed by atoms with Crippen molar-refractivity contribution in [3.63, 3.8) is 0 Å². The van der Waals surface area contributed by atoms with Gasteiger partial charge in [0.1, 0.15) is 5.75 Å². The first kappa shape index (κ1) is 18.9. The SMILES string of the molecule is CC(C)COc1ccc(/C=N\NC(=O)CN2CCOCC2)cc1Br. The van der Waals surface area contributed by atoms with Crippen LogP contribution in [0.5, 0.6) is 5.75 Å². The molecule has 0 unspecified atom stereocenters. The number of benzene rings is 1. The quantitative estimate of drug-likeness (QED) is 0.566. The van der Waals surface area contributed by atoms with Gasteiger partial charge >= 0.3 is 0 Å². The van der Waals surface area contributed by atoms with Crippen LogP contribution < -0.4 is 10.2 Å². The van der Waals surface area contributed by atoms with Crippen molar-refractivity contribution < 1.29 is 14.3 Å². The minimum atomic E-state index is -0.121. The summed E-state index contributed by atoms with van der Waals surface area (Å²) in [4.78, 5) is 13.9. The van der Waals surface area contributed by atoms with E-state index in [0.29, 0.717) is 32.3 Å². The molecule has 1 fully saturated rings. The van der Waals surface area contributed by atoms with Crippen LogP contribution in [0.3, 0.4) is 0 Å². The summed E-state index contributed by atoms with van der Waals surface area (Å²) in [5.74, 6) is 1.15. The van der Waals surface area contributed by atoms with E-state index in [2.05, 4.69) is 40.3 Å². The summed E-state index contributed by atoms with van der Waals surface area (Å²) >= 11 is 3.49. The highest BCUT2D eigenvalue weighted by atomic mass is 79.9. The van der Waals surface area contributed by atoms with Crippen molar-refractivity contribution >= 4 is 28.1 Å². The summed E-state index contributed by atoms with van der Waals surface area (Å²) in [6.45, 7) is 8.13. The van der Waals surface area contributed by atoms with E-state index in [4.69, 9.17) is 9.47 Å². The van der Waals surface area contributed by atoms with Crippen LogP contribution in [0.15, 0.2) is 27.8 Å². The Kier molecular flexibility index (Phi) is 7.68. The molecule has 132 valence electrons. The van der Waals surface area contributed by atoms with E-state index < -0.39 is 0 Å². The number of ether oxygens (including phenoxy) is 2. The van der Waals surface area contributed by atoms with Crippen LogP contribution in [-0.2, 0) is 9.53 Å². The van der Waals surface area contributed by atoms with Gasteiger partial charge < -0.3 is 9.47 Å². The van der Waals surface area contributed by atoms with Crippen LogP contribution in [0.2, 0.25) is 0 Å². The van der Waals surface area contributed by atoms with E-state index in [9.17, 15) is 4.79 Å². The fourth-order valence-corrected chi connectivity index (χ4v) is 2.66. The monoisotopic (exact) mass is 397 g/mol. The van der Waals surface area contributed by atoms with Crippen molar-refractivity contribution in [2.75, 3.05) is 39.5 Å². The second-order valence-corrected chi connectivity index (χ2v) is 6.93. The Balaban J connectivity index is 1.80. The molecular formula is C17H24BrN3O3. The van der Waals surface area contributed by atoms with Crippen molar-refractivity contribution in [1.82, 2.24) is 10.3 Å². The summed E-state index contributed by atoms with van der Waals surface area (Å²) < 4.78 is 11.8. The van der Waals surface area contributed by atoms with E-state index in [1.807, 2.05) is 23.1 Å². The van der Waals surface area contributed by atoms with Crippen LogP contribution in [-0.4, -0.2) is 56.5 Å². The number of morpholine rings is 1. The van der Waals surface area contributed by atoms with Crippen molar-refractivity contribution in [3.05, 3.63) is 28.2 Å². The molecule has 24 heavy (non-hydrogen) atoms. The molecule has 0 bridgehead atoms. The van der Waals surface area contributed by atoms with Crippen LogP contribution >= 0.6 is 15.9 Å². The zero-order chi connectivity index (χ0) is 17.4. The highest BCUT2D eigenvalue weighted by molar-refractivity contribution is 9.10. The Labute approximate surface area is 151 Å². The molecular weight excluding hydrogens is 374 g/mol. The highest BCUT2D eigenvalue weighted by Crippen LogP contribution is 2.25. The van der Waals surface area contributed by atoms with Crippen molar-refractivity contribution in [1.29, 1.82) is 0 Å². The molecule has 1 N–H and O–H groups in total. The summed E-state index contributed by atoms with van der Waals surface area (Å²) in [5, 5.41) is 4.01. The van der Waals surface area contributed by atoms with Crippen LogP contribution in [0.4, 0.5) is 0 Å². The van der Waals surface area contributed by atoms with Gasteiger partial charge in [0.2, 0.25) is 0 Å². The van der Waals surface area contributed by atoms with E-state index in [0.717, 1.165) is 28.9 Å². The molecule has 2 rings (SSSR count). The van der Waals surface area contributed by atoms with E-state index in [-0.39, 0.29) is 5.91 Å². The molecule has 0 spiro atoms. The van der Waals surface area contributed by atoms with Crippen LogP contribution in [0.25, 0.3) is 0 Å². The summed E-state index contributed by atoms with van der Waals surface area (Å²) in [6, 6.07) is 5.70. The Morgan fingerprint density at radius 1 is 1.46 bits per heavy atom. The number of carbonyl (C=O) groups is 1. The van der Waals surface area contributed by atoms with E-state index >= 15 is 0 Å². The molecule has 1 amide bonds. The zero-order valence-electron chi connectivity index (χ0n) is 14.1. The first-order valence-corrected chi connectivity index (χ1v) is 8.88. The van der Waals surface area contributed by atoms with Crippen LogP contribution in [0.1, 0.15) is 19.4 Å². The van der Waals surface area contributed by atoms with Crippen LogP contribution in [0, 0.1) is 5.92 Å². The number of nitrogens with one attached hydrogen (secondary N) is 1. The van der Waals surface area contributed by atoms with Gasteiger partial charge in [-0.3, -0.25) is 9.69 Å². The Morgan fingerprint density at radius 2 is 2.21 bits per heavy atom. The van der Waals surface area contributed by atoms with Crippen molar-refractivity contribution in [3.8, 4) is 5.75 Å². The van der Waals surface area contributed by atoms with Gasteiger partial charge in [-0.25, -0.2) is 5.43 Å². The van der Waals surface area contributed by atoms with Crippen molar-refractivity contribution in [2.45, 2.75) is 13.8 Å². The lowest BCUT2D eigenvalue weighted by Gasteiger charge is -2.25. The van der Waals surface area contributed by atoms with E-state index in [1.165, 1.54) is 0 Å². The fraction of sp³-hybridized carbons (Fsp3) is 0.529. The van der Waals surface area contributed by atoms with Gasteiger partial charge in [-0.15, -0.1) is 0 Å². The minimum Gasteiger partial charge on any atom is -0.492 e. The molecule has 0 aliphatic carbocycles. The van der Waals surface area contributed by atoms with Gasteiger partial charge in [0, 0.05) is 13.1 Å². The predicted octanol–water partition coefficient (Wildman–Crippen LogP) is 2.27. The predicted molar refractivity (Wildman–Crippen MR) is 97.5 cm³/mol. The number of hydrogen-bond acceptors (Lipinski definition) is 5. The summed E-state index contributed by atoms with van der Waals surface area (Å²) in [5.41, 5.74) is 3.43. The molecule has 1 aliphatic rings. The maximum absolute atomic E-state index is 11.8. The molecule has 1 saturated heterocycles. The van der Waals surface area contributed by atoms with E-state index in [1.54, 1.807) is 6.21 Å². The lowest BCUT2D eigenvalue weighted by molar-refractivity contribution is -0.123. The number of nitrogens with zero attached hydrogens (tertiary/aromatic N) is 2. The molecule has 1 aromatic carbocycles. The number of halogens is 1. The second-order valence-electron chi connectivity index (χ2n) is 6.08.